The Morgan fingerprint density at radius 3 is 3.00 bits per heavy atom. The topological polar surface area (TPSA) is 77.2 Å². The van der Waals surface area contributed by atoms with Crippen molar-refractivity contribution in [1.82, 2.24) is 4.98 Å². The highest BCUT2D eigenvalue weighted by Gasteiger charge is 2.26. The summed E-state index contributed by atoms with van der Waals surface area (Å²) in [5, 5.41) is 0. The molecule has 0 spiro atoms. The molecule has 0 N–H and O–H groups in total. The van der Waals surface area contributed by atoms with E-state index in [2.05, 4.69) is 4.98 Å². The van der Waals surface area contributed by atoms with Gasteiger partial charge in [-0.3, -0.25) is 4.79 Å². The van der Waals surface area contributed by atoms with Gasteiger partial charge < -0.3 is 4.42 Å². The van der Waals surface area contributed by atoms with Crippen molar-refractivity contribution in [1.29, 1.82) is 0 Å². The van der Waals surface area contributed by atoms with Crippen LogP contribution in [0.5, 0.6) is 0 Å². The highest BCUT2D eigenvalue weighted by Crippen LogP contribution is 2.21. The number of aromatic nitrogens is 1. The maximum Gasteiger partial charge on any atom is 0.194 e. The molecule has 0 amide bonds. The predicted molar refractivity (Wildman–Crippen MR) is 57.0 cm³/mol. The van der Waals surface area contributed by atoms with Gasteiger partial charge >= 0.3 is 0 Å². The lowest BCUT2D eigenvalue weighted by molar-refractivity contribution is 0.111. The SMILES string of the molecule is O=Cc1coc(CC2CCCS(=O)(=O)C2)n1. The van der Waals surface area contributed by atoms with Crippen molar-refractivity contribution in [2.75, 3.05) is 11.5 Å². The third kappa shape index (κ3) is 2.69. The lowest BCUT2D eigenvalue weighted by atomic mass is 10.0. The van der Waals surface area contributed by atoms with Crippen molar-refractivity contribution in [3.05, 3.63) is 17.8 Å². The summed E-state index contributed by atoms with van der Waals surface area (Å²) >= 11 is 0. The third-order valence-corrected chi connectivity index (χ3v) is 4.60. The van der Waals surface area contributed by atoms with E-state index in [1.54, 1.807) is 0 Å². The van der Waals surface area contributed by atoms with Crippen molar-refractivity contribution in [2.24, 2.45) is 5.92 Å². The first kappa shape index (κ1) is 11.3. The van der Waals surface area contributed by atoms with Crippen LogP contribution in [0.15, 0.2) is 10.7 Å². The van der Waals surface area contributed by atoms with Crippen LogP contribution >= 0.6 is 0 Å². The van der Waals surface area contributed by atoms with Gasteiger partial charge in [-0.15, -0.1) is 0 Å². The summed E-state index contributed by atoms with van der Waals surface area (Å²) in [5.41, 5.74) is 0.258. The first-order chi connectivity index (χ1) is 7.59. The van der Waals surface area contributed by atoms with Crippen LogP contribution in [0.3, 0.4) is 0 Å². The molecule has 0 radical (unpaired) electrons. The van der Waals surface area contributed by atoms with Crippen LogP contribution in [0.4, 0.5) is 0 Å². The molecule has 2 rings (SSSR count). The van der Waals surface area contributed by atoms with Crippen molar-refractivity contribution in [3.8, 4) is 0 Å². The third-order valence-electron chi connectivity index (χ3n) is 2.71. The molecule has 1 saturated heterocycles. The monoisotopic (exact) mass is 243 g/mol. The molecule has 0 bridgehead atoms. The van der Waals surface area contributed by atoms with Crippen LogP contribution in [0.1, 0.15) is 29.2 Å². The van der Waals surface area contributed by atoms with Crippen LogP contribution in [0.2, 0.25) is 0 Å². The average molecular weight is 243 g/mol. The molecule has 88 valence electrons. The molecular formula is C10H13NO4S. The molecule has 1 aromatic heterocycles. The van der Waals surface area contributed by atoms with Crippen LogP contribution in [0, 0.1) is 5.92 Å². The average Bonchev–Trinajstić information content (AvgIpc) is 2.64. The number of rotatable bonds is 3. The number of nitrogens with zero attached hydrogens (tertiary/aromatic N) is 1. The van der Waals surface area contributed by atoms with Gasteiger partial charge in [0.15, 0.2) is 22.0 Å². The molecule has 0 saturated carbocycles. The minimum atomic E-state index is -2.89. The van der Waals surface area contributed by atoms with Gasteiger partial charge in [-0.25, -0.2) is 13.4 Å². The number of hydrogen-bond acceptors (Lipinski definition) is 5. The summed E-state index contributed by atoms with van der Waals surface area (Å²) in [6.45, 7) is 0. The maximum atomic E-state index is 11.4. The zero-order valence-electron chi connectivity index (χ0n) is 8.76. The van der Waals surface area contributed by atoms with Gasteiger partial charge in [-0.1, -0.05) is 0 Å². The second-order valence-corrected chi connectivity index (χ2v) is 6.34. The molecular weight excluding hydrogens is 230 g/mol. The quantitative estimate of drug-likeness (QED) is 0.736. The molecule has 5 nitrogen and oxygen atoms in total. The molecule has 1 aliphatic rings. The zero-order chi connectivity index (χ0) is 11.6. The minimum Gasteiger partial charge on any atom is -0.448 e. The van der Waals surface area contributed by atoms with Crippen molar-refractivity contribution in [3.63, 3.8) is 0 Å². The largest absolute Gasteiger partial charge is 0.448 e. The number of carbonyl (C=O) groups excluding carboxylic acids is 1. The highest BCUT2D eigenvalue weighted by molar-refractivity contribution is 7.91. The molecule has 1 fully saturated rings. The second kappa shape index (κ2) is 4.37. The summed E-state index contributed by atoms with van der Waals surface area (Å²) in [6.07, 6.45) is 3.98. The van der Waals surface area contributed by atoms with E-state index in [1.165, 1.54) is 6.26 Å². The Balaban J connectivity index is 2.01. The molecule has 1 unspecified atom stereocenters. The van der Waals surface area contributed by atoms with E-state index >= 15 is 0 Å². The summed E-state index contributed by atoms with van der Waals surface area (Å²) < 4.78 is 27.9. The number of sulfone groups is 1. The van der Waals surface area contributed by atoms with Crippen LogP contribution in [-0.2, 0) is 16.3 Å². The van der Waals surface area contributed by atoms with Gasteiger partial charge in [-0.2, -0.15) is 0 Å². The van der Waals surface area contributed by atoms with Gasteiger partial charge in [0.1, 0.15) is 12.0 Å². The normalized spacial score (nSPS) is 24.1. The summed E-state index contributed by atoms with van der Waals surface area (Å²) in [7, 11) is -2.89. The maximum absolute atomic E-state index is 11.4. The molecule has 6 heteroatoms. The first-order valence-electron chi connectivity index (χ1n) is 5.19. The molecule has 1 aromatic rings. The smallest absolute Gasteiger partial charge is 0.194 e. The Bertz CT molecular complexity index is 477. The van der Waals surface area contributed by atoms with E-state index < -0.39 is 9.84 Å². The van der Waals surface area contributed by atoms with E-state index in [9.17, 15) is 13.2 Å². The summed E-state index contributed by atoms with van der Waals surface area (Å²) in [6, 6.07) is 0. The number of oxazole rings is 1. The Hall–Kier alpha value is -1.17. The van der Waals surface area contributed by atoms with Crippen LogP contribution in [0.25, 0.3) is 0 Å². The standard InChI is InChI=1S/C10H13NO4S/c12-5-9-6-15-10(11-9)4-8-2-1-3-16(13,14)7-8/h5-6,8H,1-4,7H2. The molecule has 16 heavy (non-hydrogen) atoms. The number of aldehydes is 1. The molecule has 1 aliphatic heterocycles. The predicted octanol–water partition coefficient (Wildman–Crippen LogP) is 0.854. The van der Waals surface area contributed by atoms with Gasteiger partial charge in [0.2, 0.25) is 0 Å². The Morgan fingerprint density at radius 1 is 1.56 bits per heavy atom. The zero-order valence-corrected chi connectivity index (χ0v) is 9.57. The molecule has 0 aromatic carbocycles. The van der Waals surface area contributed by atoms with E-state index in [1.807, 2.05) is 0 Å². The van der Waals surface area contributed by atoms with Crippen LogP contribution < -0.4 is 0 Å². The lowest BCUT2D eigenvalue weighted by Gasteiger charge is -2.20. The Morgan fingerprint density at radius 2 is 2.38 bits per heavy atom. The number of carbonyl (C=O) groups is 1. The minimum absolute atomic E-state index is 0.0666. The molecule has 2 heterocycles. The van der Waals surface area contributed by atoms with E-state index in [0.717, 1.165) is 6.42 Å². The van der Waals surface area contributed by atoms with E-state index in [-0.39, 0.29) is 23.1 Å². The van der Waals surface area contributed by atoms with Gasteiger partial charge in [0, 0.05) is 6.42 Å². The second-order valence-electron chi connectivity index (χ2n) is 4.11. The van der Waals surface area contributed by atoms with Crippen molar-refractivity contribution < 1.29 is 17.6 Å². The van der Waals surface area contributed by atoms with Crippen LogP contribution in [-0.4, -0.2) is 31.2 Å². The fraction of sp³-hybridized carbons (Fsp3) is 0.600. The number of hydrogen-bond donors (Lipinski definition) is 0. The lowest BCUT2D eigenvalue weighted by Crippen LogP contribution is -2.26. The van der Waals surface area contributed by atoms with E-state index in [4.69, 9.17) is 4.42 Å². The summed E-state index contributed by atoms with van der Waals surface area (Å²) in [4.78, 5) is 14.3. The first-order valence-corrected chi connectivity index (χ1v) is 7.01. The molecule has 0 aliphatic carbocycles. The van der Waals surface area contributed by atoms with Gasteiger partial charge in [0.25, 0.3) is 0 Å². The molecule has 1 atom stereocenters. The highest BCUT2D eigenvalue weighted by atomic mass is 32.2. The Kier molecular flexibility index (Phi) is 3.09. The summed E-state index contributed by atoms with van der Waals surface area (Å²) in [5.74, 6) is 1.00. The van der Waals surface area contributed by atoms with Crippen molar-refractivity contribution in [2.45, 2.75) is 19.3 Å². The fourth-order valence-corrected chi connectivity index (χ4v) is 3.77. The van der Waals surface area contributed by atoms with E-state index in [0.29, 0.717) is 25.0 Å². The fourth-order valence-electron chi connectivity index (χ4n) is 2.00. The van der Waals surface area contributed by atoms with Gasteiger partial charge in [-0.05, 0) is 18.8 Å². The van der Waals surface area contributed by atoms with Gasteiger partial charge in [0.05, 0.1) is 11.5 Å². The van der Waals surface area contributed by atoms with Crippen molar-refractivity contribution >= 4 is 16.1 Å². The Labute approximate surface area is 93.8 Å².